The topological polar surface area (TPSA) is 29.9 Å². The molecule has 20 heavy (non-hydrogen) atoms. The molecule has 0 spiro atoms. The molecule has 5 heteroatoms. The Morgan fingerprint density at radius 1 is 1.25 bits per heavy atom. The van der Waals surface area contributed by atoms with Crippen molar-refractivity contribution in [2.24, 2.45) is 0 Å². The normalized spacial score (nSPS) is 10.9. The number of rotatable bonds is 3. The molecule has 3 rings (SSSR count). The Labute approximate surface area is 126 Å². The van der Waals surface area contributed by atoms with E-state index < -0.39 is 0 Å². The monoisotopic (exact) mass is 304 g/mol. The predicted molar refractivity (Wildman–Crippen MR) is 84.2 cm³/mol. The van der Waals surface area contributed by atoms with E-state index in [1.165, 1.54) is 0 Å². The number of aromatic nitrogens is 2. The molecule has 1 heterocycles. The van der Waals surface area contributed by atoms with Gasteiger partial charge in [-0.25, -0.2) is 0 Å². The second kappa shape index (κ2) is 5.31. The molecule has 0 amide bonds. The summed E-state index contributed by atoms with van der Waals surface area (Å²) in [6.07, 6.45) is 0. The van der Waals surface area contributed by atoms with E-state index in [9.17, 15) is 0 Å². The van der Waals surface area contributed by atoms with Gasteiger partial charge in [0.1, 0.15) is 5.75 Å². The molecule has 0 aliphatic heterocycles. The van der Waals surface area contributed by atoms with Crippen molar-refractivity contribution in [3.05, 3.63) is 57.8 Å². The number of benzene rings is 2. The minimum Gasteiger partial charge on any atom is -0.497 e. The molecular weight excluding hydrogens is 292 g/mol. The fourth-order valence-electron chi connectivity index (χ4n) is 2.26. The van der Waals surface area contributed by atoms with E-state index in [1.807, 2.05) is 47.0 Å². The first-order valence-electron chi connectivity index (χ1n) is 6.19. The Morgan fingerprint density at radius 2 is 2.05 bits per heavy atom. The van der Waals surface area contributed by atoms with Crippen molar-refractivity contribution < 1.29 is 4.74 Å². The lowest BCUT2D eigenvalue weighted by Crippen LogP contribution is -1.99. The number of nitrogens with one attached hydrogen (secondary N) is 1. The molecule has 0 aliphatic rings. The van der Waals surface area contributed by atoms with Crippen molar-refractivity contribution >= 4 is 34.9 Å². The molecule has 0 saturated carbocycles. The molecule has 3 aromatic rings. The average molecular weight is 305 g/mol. The highest BCUT2D eigenvalue weighted by atomic mass is 35.5. The van der Waals surface area contributed by atoms with Gasteiger partial charge in [-0.05, 0) is 42.0 Å². The SMILES string of the molecule is COc1cccc(Cn2c(=S)[nH]c3c(Cl)cccc32)c1. The molecule has 0 saturated heterocycles. The zero-order valence-electron chi connectivity index (χ0n) is 10.9. The van der Waals surface area contributed by atoms with Crippen LogP contribution in [0, 0.1) is 4.77 Å². The smallest absolute Gasteiger partial charge is 0.178 e. The van der Waals surface area contributed by atoms with Crippen molar-refractivity contribution in [2.75, 3.05) is 7.11 Å². The Morgan fingerprint density at radius 3 is 2.85 bits per heavy atom. The summed E-state index contributed by atoms with van der Waals surface area (Å²) in [5.41, 5.74) is 3.01. The van der Waals surface area contributed by atoms with Crippen LogP contribution < -0.4 is 4.74 Å². The van der Waals surface area contributed by atoms with Crippen LogP contribution in [0.4, 0.5) is 0 Å². The van der Waals surface area contributed by atoms with Crippen molar-refractivity contribution in [2.45, 2.75) is 6.54 Å². The summed E-state index contributed by atoms with van der Waals surface area (Å²) in [4.78, 5) is 3.16. The second-order valence-electron chi connectivity index (χ2n) is 4.50. The van der Waals surface area contributed by atoms with Crippen LogP contribution in [-0.4, -0.2) is 16.7 Å². The fraction of sp³-hybridized carbons (Fsp3) is 0.133. The summed E-state index contributed by atoms with van der Waals surface area (Å²) in [7, 11) is 1.66. The standard InChI is InChI=1S/C15H13ClN2OS/c1-19-11-5-2-4-10(8-11)9-18-13-7-3-6-12(16)14(13)17-15(18)20/h2-8H,9H2,1H3,(H,17,20). The number of fused-ring (bicyclic) bond motifs is 1. The summed E-state index contributed by atoms with van der Waals surface area (Å²) < 4.78 is 7.94. The maximum Gasteiger partial charge on any atom is 0.178 e. The number of hydrogen-bond donors (Lipinski definition) is 1. The molecule has 0 unspecified atom stereocenters. The second-order valence-corrected chi connectivity index (χ2v) is 5.30. The molecule has 1 N–H and O–H groups in total. The van der Waals surface area contributed by atoms with Gasteiger partial charge >= 0.3 is 0 Å². The van der Waals surface area contributed by atoms with E-state index in [0.717, 1.165) is 22.3 Å². The van der Waals surface area contributed by atoms with Crippen LogP contribution in [0.5, 0.6) is 5.75 Å². The van der Waals surface area contributed by atoms with E-state index in [4.69, 9.17) is 28.6 Å². The number of nitrogens with zero attached hydrogens (tertiary/aromatic N) is 1. The lowest BCUT2D eigenvalue weighted by atomic mass is 10.2. The van der Waals surface area contributed by atoms with Gasteiger partial charge in [-0.3, -0.25) is 0 Å². The zero-order chi connectivity index (χ0) is 14.1. The van der Waals surface area contributed by atoms with Crippen LogP contribution in [0.1, 0.15) is 5.56 Å². The van der Waals surface area contributed by atoms with Crippen LogP contribution in [-0.2, 0) is 6.54 Å². The molecule has 1 aromatic heterocycles. The van der Waals surface area contributed by atoms with E-state index >= 15 is 0 Å². The molecule has 3 nitrogen and oxygen atoms in total. The maximum absolute atomic E-state index is 6.18. The van der Waals surface area contributed by atoms with Crippen LogP contribution in [0.2, 0.25) is 5.02 Å². The van der Waals surface area contributed by atoms with Crippen LogP contribution in [0.3, 0.4) is 0 Å². The van der Waals surface area contributed by atoms with E-state index in [1.54, 1.807) is 7.11 Å². The zero-order valence-corrected chi connectivity index (χ0v) is 12.5. The number of imidazole rings is 1. The molecular formula is C15H13ClN2OS. The quantitative estimate of drug-likeness (QED) is 0.726. The lowest BCUT2D eigenvalue weighted by Gasteiger charge is -2.07. The molecule has 0 aliphatic carbocycles. The van der Waals surface area contributed by atoms with Gasteiger partial charge in [-0.2, -0.15) is 0 Å². The van der Waals surface area contributed by atoms with Gasteiger partial charge in [0.2, 0.25) is 0 Å². The number of ether oxygens (including phenoxy) is 1. The van der Waals surface area contributed by atoms with Gasteiger partial charge in [0.15, 0.2) is 4.77 Å². The molecule has 102 valence electrons. The number of para-hydroxylation sites is 1. The molecule has 0 atom stereocenters. The Kier molecular flexibility index (Phi) is 3.51. The minimum atomic E-state index is 0.663. The Hall–Kier alpha value is -1.78. The first-order chi connectivity index (χ1) is 9.69. The van der Waals surface area contributed by atoms with Gasteiger partial charge in [0.25, 0.3) is 0 Å². The fourth-order valence-corrected chi connectivity index (χ4v) is 2.74. The van der Waals surface area contributed by atoms with Crippen LogP contribution in [0.15, 0.2) is 42.5 Å². The number of H-pyrrole nitrogens is 1. The number of aromatic amines is 1. The third kappa shape index (κ3) is 2.32. The summed E-state index contributed by atoms with van der Waals surface area (Å²) in [6, 6.07) is 13.7. The van der Waals surface area contributed by atoms with Crippen LogP contribution >= 0.6 is 23.8 Å². The van der Waals surface area contributed by atoms with Crippen molar-refractivity contribution in [3.8, 4) is 5.75 Å². The van der Waals surface area contributed by atoms with Gasteiger partial charge < -0.3 is 14.3 Å². The third-order valence-corrected chi connectivity index (χ3v) is 3.87. The van der Waals surface area contributed by atoms with Gasteiger partial charge in [0, 0.05) is 0 Å². The highest BCUT2D eigenvalue weighted by molar-refractivity contribution is 7.71. The molecule has 0 radical (unpaired) electrons. The maximum atomic E-state index is 6.18. The van der Waals surface area contributed by atoms with Crippen molar-refractivity contribution in [1.82, 2.24) is 9.55 Å². The number of hydrogen-bond acceptors (Lipinski definition) is 2. The molecule has 2 aromatic carbocycles. The summed E-state index contributed by atoms with van der Waals surface area (Å²) >= 11 is 11.6. The number of halogens is 1. The summed E-state index contributed by atoms with van der Waals surface area (Å²) in [6.45, 7) is 0.677. The van der Waals surface area contributed by atoms with Gasteiger partial charge in [0.05, 0.1) is 29.7 Å². The largest absolute Gasteiger partial charge is 0.497 e. The van der Waals surface area contributed by atoms with E-state index in [2.05, 4.69) is 4.98 Å². The average Bonchev–Trinajstić information content (AvgIpc) is 2.78. The van der Waals surface area contributed by atoms with E-state index in [-0.39, 0.29) is 0 Å². The van der Waals surface area contributed by atoms with Gasteiger partial charge in [-0.15, -0.1) is 0 Å². The summed E-state index contributed by atoms with van der Waals surface area (Å²) in [5, 5.41) is 0.679. The lowest BCUT2D eigenvalue weighted by molar-refractivity contribution is 0.414. The van der Waals surface area contributed by atoms with E-state index in [0.29, 0.717) is 16.3 Å². The highest BCUT2D eigenvalue weighted by Gasteiger charge is 2.08. The third-order valence-electron chi connectivity index (χ3n) is 3.23. The molecule has 0 bridgehead atoms. The number of methoxy groups -OCH3 is 1. The first-order valence-corrected chi connectivity index (χ1v) is 6.97. The van der Waals surface area contributed by atoms with Gasteiger partial charge in [-0.1, -0.05) is 29.8 Å². The Balaban J connectivity index is 2.08. The first kappa shape index (κ1) is 13.2. The molecule has 0 fully saturated rings. The van der Waals surface area contributed by atoms with Crippen molar-refractivity contribution in [3.63, 3.8) is 0 Å². The van der Waals surface area contributed by atoms with Crippen LogP contribution in [0.25, 0.3) is 11.0 Å². The Bertz CT molecular complexity index is 822. The highest BCUT2D eigenvalue weighted by Crippen LogP contribution is 2.24. The summed E-state index contributed by atoms with van der Waals surface area (Å²) in [5.74, 6) is 0.840. The predicted octanol–water partition coefficient (Wildman–Crippen LogP) is 4.41. The minimum absolute atomic E-state index is 0.663. The van der Waals surface area contributed by atoms with Crippen molar-refractivity contribution in [1.29, 1.82) is 0 Å².